The zero-order chi connectivity index (χ0) is 16.9. The largest absolute Gasteiger partial charge is 0.338 e. The number of urea groups is 1. The number of aromatic nitrogens is 3. The third-order valence-electron chi connectivity index (χ3n) is 4.46. The van der Waals surface area contributed by atoms with Crippen LogP contribution in [0.15, 0.2) is 35.1 Å². The van der Waals surface area contributed by atoms with E-state index in [2.05, 4.69) is 56.6 Å². The van der Waals surface area contributed by atoms with Crippen molar-refractivity contribution in [3.05, 3.63) is 46.5 Å². The van der Waals surface area contributed by atoms with E-state index in [-0.39, 0.29) is 6.03 Å². The minimum atomic E-state index is -0.0167. The fourth-order valence-corrected chi connectivity index (χ4v) is 3.39. The molecule has 0 aliphatic carbocycles. The number of carbonyl (C=O) groups is 1. The average molecular weight is 392 g/mol. The number of halogens is 1. The van der Waals surface area contributed by atoms with Crippen LogP contribution in [0.2, 0.25) is 0 Å². The molecule has 1 atom stereocenters. The fraction of sp³-hybridized carbons (Fsp3) is 0.471. The van der Waals surface area contributed by atoms with Crippen molar-refractivity contribution in [1.29, 1.82) is 0 Å². The zero-order valence-corrected chi connectivity index (χ0v) is 15.4. The molecule has 0 saturated heterocycles. The third kappa shape index (κ3) is 4.14. The van der Waals surface area contributed by atoms with E-state index in [1.54, 1.807) is 11.2 Å². The molecule has 2 amide bonds. The van der Waals surface area contributed by atoms with Gasteiger partial charge in [-0.1, -0.05) is 41.4 Å². The topological polar surface area (TPSA) is 63.1 Å². The summed E-state index contributed by atoms with van der Waals surface area (Å²) in [5.41, 5.74) is 1.29. The second kappa shape index (κ2) is 7.79. The van der Waals surface area contributed by atoms with Gasteiger partial charge in [-0.3, -0.25) is 0 Å². The summed E-state index contributed by atoms with van der Waals surface area (Å²) in [6.45, 7) is 4.82. The smallest absolute Gasteiger partial charge is 0.317 e. The molecule has 2 heterocycles. The predicted molar refractivity (Wildman–Crippen MR) is 95.5 cm³/mol. The van der Waals surface area contributed by atoms with Gasteiger partial charge in [0.05, 0.1) is 6.54 Å². The van der Waals surface area contributed by atoms with Crippen molar-refractivity contribution in [1.82, 2.24) is 25.0 Å². The molecule has 6 nitrogen and oxygen atoms in total. The van der Waals surface area contributed by atoms with Crippen molar-refractivity contribution in [3.8, 4) is 0 Å². The van der Waals surface area contributed by atoms with Crippen LogP contribution >= 0.6 is 15.9 Å². The maximum Gasteiger partial charge on any atom is 0.317 e. The second-order valence-electron chi connectivity index (χ2n) is 6.16. The maximum absolute atomic E-state index is 12.4. The maximum atomic E-state index is 12.4. The van der Waals surface area contributed by atoms with Crippen molar-refractivity contribution < 1.29 is 4.79 Å². The molecule has 2 aromatic rings. The molecule has 1 aliphatic heterocycles. The molecule has 24 heavy (non-hydrogen) atoms. The molecule has 0 bridgehead atoms. The van der Waals surface area contributed by atoms with Crippen LogP contribution in [-0.2, 0) is 19.5 Å². The lowest BCUT2D eigenvalue weighted by atomic mass is 9.97. The van der Waals surface area contributed by atoms with Crippen LogP contribution in [-0.4, -0.2) is 38.8 Å². The van der Waals surface area contributed by atoms with Gasteiger partial charge in [-0.2, -0.15) is 0 Å². The number of amides is 2. The van der Waals surface area contributed by atoms with E-state index >= 15 is 0 Å². The van der Waals surface area contributed by atoms with Gasteiger partial charge < -0.3 is 14.8 Å². The van der Waals surface area contributed by atoms with Crippen molar-refractivity contribution in [3.63, 3.8) is 0 Å². The van der Waals surface area contributed by atoms with E-state index in [0.717, 1.165) is 29.7 Å². The van der Waals surface area contributed by atoms with Gasteiger partial charge in [0.15, 0.2) is 5.82 Å². The quantitative estimate of drug-likeness (QED) is 0.851. The molecule has 128 valence electrons. The number of nitrogens with zero attached hydrogens (tertiary/aromatic N) is 4. The molecular formula is C17H22BrN5O. The van der Waals surface area contributed by atoms with Crippen LogP contribution in [0.1, 0.15) is 24.7 Å². The Labute approximate surface area is 150 Å². The Bertz CT molecular complexity index is 702. The van der Waals surface area contributed by atoms with Crippen molar-refractivity contribution in [2.75, 3.05) is 13.1 Å². The van der Waals surface area contributed by atoms with Crippen molar-refractivity contribution >= 4 is 22.0 Å². The Kier molecular flexibility index (Phi) is 5.50. The third-order valence-corrected chi connectivity index (χ3v) is 4.95. The van der Waals surface area contributed by atoms with Gasteiger partial charge in [0.25, 0.3) is 0 Å². The molecular weight excluding hydrogens is 370 g/mol. The van der Waals surface area contributed by atoms with Gasteiger partial charge in [0, 0.05) is 24.1 Å². The average Bonchev–Trinajstić information content (AvgIpc) is 3.06. The lowest BCUT2D eigenvalue weighted by molar-refractivity contribution is 0.180. The highest BCUT2D eigenvalue weighted by Gasteiger charge is 2.22. The Morgan fingerprint density at radius 3 is 3.08 bits per heavy atom. The number of hydrogen-bond acceptors (Lipinski definition) is 3. The molecule has 0 spiro atoms. The summed E-state index contributed by atoms with van der Waals surface area (Å²) in [5, 5.41) is 11.0. The number of rotatable bonds is 5. The molecule has 3 rings (SSSR count). The van der Waals surface area contributed by atoms with Gasteiger partial charge >= 0.3 is 6.03 Å². The normalized spacial score (nSPS) is 15.0. The Balaban J connectivity index is 1.51. The second-order valence-corrected chi connectivity index (χ2v) is 7.07. The first-order chi connectivity index (χ1) is 11.7. The molecule has 1 aliphatic rings. The van der Waals surface area contributed by atoms with Gasteiger partial charge in [-0.05, 0) is 30.0 Å². The predicted octanol–water partition coefficient (Wildman–Crippen LogP) is 2.83. The van der Waals surface area contributed by atoms with E-state index in [1.807, 2.05) is 10.6 Å². The standard InChI is InChI=1S/C17H22BrN5O/c1-2-13(8-14-4-3-5-15(18)9-14)10-19-17(24)22-6-7-23-12-20-21-16(23)11-22/h3-5,9,12-13H,2,6-8,10-11H2,1H3,(H,19,24). The van der Waals surface area contributed by atoms with Gasteiger partial charge in [-0.25, -0.2) is 4.79 Å². The first-order valence-electron chi connectivity index (χ1n) is 8.29. The summed E-state index contributed by atoms with van der Waals surface area (Å²) >= 11 is 3.51. The Morgan fingerprint density at radius 2 is 2.29 bits per heavy atom. The number of benzene rings is 1. The van der Waals surface area contributed by atoms with E-state index in [0.29, 0.717) is 25.6 Å². The van der Waals surface area contributed by atoms with Gasteiger partial charge in [-0.15, -0.1) is 10.2 Å². The molecule has 7 heteroatoms. The molecule has 0 fully saturated rings. The number of fused-ring (bicyclic) bond motifs is 1. The summed E-state index contributed by atoms with van der Waals surface area (Å²) in [7, 11) is 0. The highest BCUT2D eigenvalue weighted by Crippen LogP contribution is 2.17. The summed E-state index contributed by atoms with van der Waals surface area (Å²) < 4.78 is 3.09. The number of carbonyl (C=O) groups excluding carboxylic acids is 1. The Morgan fingerprint density at radius 1 is 1.42 bits per heavy atom. The van der Waals surface area contributed by atoms with Gasteiger partial charge in [0.1, 0.15) is 6.33 Å². The van der Waals surface area contributed by atoms with E-state index in [9.17, 15) is 4.79 Å². The fourth-order valence-electron chi connectivity index (χ4n) is 2.94. The van der Waals surface area contributed by atoms with Gasteiger partial charge in [0.2, 0.25) is 0 Å². The lowest BCUT2D eigenvalue weighted by Gasteiger charge is -2.28. The monoisotopic (exact) mass is 391 g/mol. The van der Waals surface area contributed by atoms with E-state index in [4.69, 9.17) is 0 Å². The van der Waals surface area contributed by atoms with Crippen molar-refractivity contribution in [2.24, 2.45) is 5.92 Å². The molecule has 0 radical (unpaired) electrons. The van der Waals surface area contributed by atoms with Crippen molar-refractivity contribution in [2.45, 2.75) is 32.9 Å². The minimum Gasteiger partial charge on any atom is -0.338 e. The Hall–Kier alpha value is -1.89. The summed E-state index contributed by atoms with van der Waals surface area (Å²) in [6, 6.07) is 8.34. The highest BCUT2D eigenvalue weighted by atomic mass is 79.9. The van der Waals surface area contributed by atoms with Crippen LogP contribution in [0, 0.1) is 5.92 Å². The van der Waals surface area contributed by atoms with E-state index < -0.39 is 0 Å². The highest BCUT2D eigenvalue weighted by molar-refractivity contribution is 9.10. The summed E-state index contributed by atoms with van der Waals surface area (Å²) in [6.07, 6.45) is 3.71. The molecule has 1 N–H and O–H groups in total. The molecule has 0 saturated carbocycles. The van der Waals surface area contributed by atoms with Crippen LogP contribution in [0.4, 0.5) is 4.79 Å². The van der Waals surface area contributed by atoms with Crippen LogP contribution < -0.4 is 5.32 Å². The molecule has 1 aromatic carbocycles. The first-order valence-corrected chi connectivity index (χ1v) is 9.09. The zero-order valence-electron chi connectivity index (χ0n) is 13.8. The van der Waals surface area contributed by atoms with Crippen LogP contribution in [0.25, 0.3) is 0 Å². The number of nitrogens with one attached hydrogen (secondary N) is 1. The minimum absolute atomic E-state index is 0.0167. The van der Waals surface area contributed by atoms with E-state index in [1.165, 1.54) is 5.56 Å². The SMILES string of the molecule is CCC(CNC(=O)N1CCn2cnnc2C1)Cc1cccc(Br)c1. The summed E-state index contributed by atoms with van der Waals surface area (Å²) in [5.74, 6) is 1.27. The lowest BCUT2D eigenvalue weighted by Crippen LogP contribution is -2.45. The van der Waals surface area contributed by atoms with Crippen LogP contribution in [0.3, 0.4) is 0 Å². The van der Waals surface area contributed by atoms with Crippen LogP contribution in [0.5, 0.6) is 0 Å². The number of hydrogen-bond donors (Lipinski definition) is 1. The summed E-state index contributed by atoms with van der Waals surface area (Å²) in [4.78, 5) is 14.2. The first kappa shape index (κ1) is 17.0. The molecule has 1 aromatic heterocycles. The molecule has 1 unspecified atom stereocenters.